The maximum atomic E-state index is 12.8. The predicted octanol–water partition coefficient (Wildman–Crippen LogP) is 4.37. The van der Waals surface area contributed by atoms with Crippen LogP contribution in [0.25, 0.3) is 21.8 Å². The summed E-state index contributed by atoms with van der Waals surface area (Å²) < 4.78 is 2.24. The summed E-state index contributed by atoms with van der Waals surface area (Å²) >= 11 is 0. The standard InChI is InChI=1S/C27H26N4O2/c1-3-31-24-7-5-4-6-22(24)23-14-21(12-13-25(23)31)27(33)29-16-18(2)26(32)30-17-20-10-8-19(15-28)9-11-20/h4-14,18H,3,16-17H2,1-2H3,(H,29,33)(H,30,32). The van der Waals surface area contributed by atoms with Crippen molar-refractivity contribution in [2.45, 2.75) is 26.9 Å². The average molecular weight is 439 g/mol. The van der Waals surface area contributed by atoms with Crippen LogP contribution in [0.5, 0.6) is 0 Å². The summed E-state index contributed by atoms with van der Waals surface area (Å²) in [5.41, 5.74) is 4.33. The van der Waals surface area contributed by atoms with Gasteiger partial charge in [0.15, 0.2) is 0 Å². The van der Waals surface area contributed by atoms with Crippen LogP contribution in [0.15, 0.2) is 66.7 Å². The fourth-order valence-corrected chi connectivity index (χ4v) is 4.04. The highest BCUT2D eigenvalue weighted by Crippen LogP contribution is 2.29. The highest BCUT2D eigenvalue weighted by molar-refractivity contribution is 6.10. The smallest absolute Gasteiger partial charge is 0.251 e. The minimum atomic E-state index is -0.377. The van der Waals surface area contributed by atoms with Crippen molar-refractivity contribution < 1.29 is 9.59 Å². The Kier molecular flexibility index (Phi) is 6.41. The Morgan fingerprint density at radius 3 is 2.42 bits per heavy atom. The van der Waals surface area contributed by atoms with E-state index in [9.17, 15) is 9.59 Å². The molecule has 4 aromatic rings. The number of benzene rings is 3. The number of nitrogens with zero attached hydrogens (tertiary/aromatic N) is 2. The lowest BCUT2D eigenvalue weighted by Gasteiger charge is -2.13. The summed E-state index contributed by atoms with van der Waals surface area (Å²) in [6.45, 7) is 5.37. The largest absolute Gasteiger partial charge is 0.352 e. The van der Waals surface area contributed by atoms with E-state index in [2.05, 4.69) is 40.3 Å². The van der Waals surface area contributed by atoms with Gasteiger partial charge in [-0.3, -0.25) is 9.59 Å². The molecule has 3 aromatic carbocycles. The first-order valence-electron chi connectivity index (χ1n) is 11.1. The van der Waals surface area contributed by atoms with Gasteiger partial charge < -0.3 is 15.2 Å². The second-order valence-electron chi connectivity index (χ2n) is 8.13. The van der Waals surface area contributed by atoms with Gasteiger partial charge in [-0.25, -0.2) is 0 Å². The number of carbonyl (C=O) groups is 2. The molecule has 6 nitrogen and oxygen atoms in total. The molecule has 1 atom stereocenters. The molecule has 6 heteroatoms. The SMILES string of the molecule is CCn1c2ccccc2c2cc(C(=O)NCC(C)C(=O)NCc3ccc(C#N)cc3)ccc21. The van der Waals surface area contributed by atoms with Gasteiger partial charge in [-0.2, -0.15) is 5.26 Å². The van der Waals surface area contributed by atoms with Crippen LogP contribution >= 0.6 is 0 Å². The van der Waals surface area contributed by atoms with Gasteiger partial charge in [0.1, 0.15) is 0 Å². The van der Waals surface area contributed by atoms with Crippen LogP contribution in [0.4, 0.5) is 0 Å². The van der Waals surface area contributed by atoms with E-state index in [0.717, 1.165) is 33.9 Å². The molecule has 0 radical (unpaired) electrons. The highest BCUT2D eigenvalue weighted by Gasteiger charge is 2.16. The topological polar surface area (TPSA) is 86.9 Å². The molecule has 0 saturated heterocycles. The van der Waals surface area contributed by atoms with E-state index in [1.165, 1.54) is 0 Å². The number of amides is 2. The molecule has 2 amide bonds. The van der Waals surface area contributed by atoms with Crippen molar-refractivity contribution in [1.29, 1.82) is 5.26 Å². The van der Waals surface area contributed by atoms with Crippen molar-refractivity contribution in [1.82, 2.24) is 15.2 Å². The molecule has 0 saturated carbocycles. The fourth-order valence-electron chi connectivity index (χ4n) is 4.04. The molecular formula is C27H26N4O2. The van der Waals surface area contributed by atoms with Gasteiger partial charge in [0, 0.05) is 47.0 Å². The van der Waals surface area contributed by atoms with Crippen molar-refractivity contribution in [3.05, 3.63) is 83.4 Å². The molecule has 1 unspecified atom stereocenters. The number of fused-ring (bicyclic) bond motifs is 3. The molecular weight excluding hydrogens is 412 g/mol. The second-order valence-corrected chi connectivity index (χ2v) is 8.13. The molecule has 4 rings (SSSR count). The van der Waals surface area contributed by atoms with Crippen LogP contribution in [-0.2, 0) is 17.9 Å². The van der Waals surface area contributed by atoms with Gasteiger partial charge in [0.2, 0.25) is 5.91 Å². The lowest BCUT2D eigenvalue weighted by molar-refractivity contribution is -0.124. The van der Waals surface area contributed by atoms with Crippen LogP contribution < -0.4 is 10.6 Å². The number of hydrogen-bond acceptors (Lipinski definition) is 3. The summed E-state index contributed by atoms with van der Waals surface area (Å²) in [5, 5.41) is 16.8. The van der Waals surface area contributed by atoms with Crippen LogP contribution in [0, 0.1) is 17.2 Å². The molecule has 0 bridgehead atoms. The third kappa shape index (κ3) is 4.58. The lowest BCUT2D eigenvalue weighted by atomic mass is 10.1. The third-order valence-corrected chi connectivity index (χ3v) is 5.92. The zero-order valence-electron chi connectivity index (χ0n) is 18.8. The molecule has 0 aliphatic rings. The maximum absolute atomic E-state index is 12.8. The molecule has 0 fully saturated rings. The third-order valence-electron chi connectivity index (χ3n) is 5.92. The number of nitriles is 1. The monoisotopic (exact) mass is 438 g/mol. The minimum absolute atomic E-state index is 0.138. The van der Waals surface area contributed by atoms with E-state index in [4.69, 9.17) is 5.26 Å². The van der Waals surface area contributed by atoms with Gasteiger partial charge in [-0.1, -0.05) is 37.3 Å². The second kappa shape index (κ2) is 9.58. The maximum Gasteiger partial charge on any atom is 0.251 e. The Hall–Kier alpha value is -4.11. The predicted molar refractivity (Wildman–Crippen MR) is 130 cm³/mol. The quantitative estimate of drug-likeness (QED) is 0.449. The van der Waals surface area contributed by atoms with Crippen molar-refractivity contribution in [3.63, 3.8) is 0 Å². The number of rotatable bonds is 7. The molecule has 166 valence electrons. The van der Waals surface area contributed by atoms with E-state index in [0.29, 0.717) is 17.7 Å². The van der Waals surface area contributed by atoms with E-state index < -0.39 is 0 Å². The summed E-state index contributed by atoms with van der Waals surface area (Å²) in [7, 11) is 0. The van der Waals surface area contributed by atoms with Gasteiger partial charge in [0.05, 0.1) is 17.6 Å². The molecule has 0 aliphatic heterocycles. The molecule has 1 aromatic heterocycles. The van der Waals surface area contributed by atoms with Crippen LogP contribution in [0.2, 0.25) is 0 Å². The Morgan fingerprint density at radius 2 is 1.70 bits per heavy atom. The summed E-state index contributed by atoms with van der Waals surface area (Å²) in [5.74, 6) is -0.712. The first-order valence-corrected chi connectivity index (χ1v) is 11.1. The Balaban J connectivity index is 1.39. The number of para-hydroxylation sites is 1. The van der Waals surface area contributed by atoms with Crippen molar-refractivity contribution >= 4 is 33.6 Å². The lowest BCUT2D eigenvalue weighted by Crippen LogP contribution is -2.37. The Labute approximate surface area is 192 Å². The van der Waals surface area contributed by atoms with E-state index in [-0.39, 0.29) is 24.3 Å². The molecule has 33 heavy (non-hydrogen) atoms. The van der Waals surface area contributed by atoms with Crippen LogP contribution in [-0.4, -0.2) is 22.9 Å². The van der Waals surface area contributed by atoms with E-state index in [1.54, 1.807) is 19.1 Å². The van der Waals surface area contributed by atoms with Crippen LogP contribution in [0.3, 0.4) is 0 Å². The highest BCUT2D eigenvalue weighted by atomic mass is 16.2. The number of aryl methyl sites for hydroxylation is 1. The van der Waals surface area contributed by atoms with E-state index >= 15 is 0 Å². The van der Waals surface area contributed by atoms with Crippen LogP contribution in [0.1, 0.15) is 35.3 Å². The summed E-state index contributed by atoms with van der Waals surface area (Å²) in [6.07, 6.45) is 0. The summed E-state index contributed by atoms with van der Waals surface area (Å²) in [6, 6.07) is 23.1. The average Bonchev–Trinajstić information content (AvgIpc) is 3.18. The van der Waals surface area contributed by atoms with Crippen molar-refractivity contribution in [3.8, 4) is 6.07 Å². The van der Waals surface area contributed by atoms with Crippen molar-refractivity contribution in [2.24, 2.45) is 5.92 Å². The number of aromatic nitrogens is 1. The first kappa shape index (κ1) is 22.1. The first-order chi connectivity index (χ1) is 16.0. The van der Waals surface area contributed by atoms with Gasteiger partial charge in [-0.05, 0) is 48.9 Å². The summed E-state index contributed by atoms with van der Waals surface area (Å²) in [4.78, 5) is 25.2. The molecule has 2 N–H and O–H groups in total. The Bertz CT molecular complexity index is 1360. The molecule has 0 aliphatic carbocycles. The number of carbonyl (C=O) groups excluding carboxylic acids is 2. The minimum Gasteiger partial charge on any atom is -0.352 e. The van der Waals surface area contributed by atoms with Crippen molar-refractivity contribution in [2.75, 3.05) is 6.54 Å². The molecule has 1 heterocycles. The molecule has 0 spiro atoms. The van der Waals surface area contributed by atoms with Gasteiger partial charge in [0.25, 0.3) is 5.91 Å². The number of hydrogen-bond donors (Lipinski definition) is 2. The normalized spacial score (nSPS) is 11.8. The zero-order valence-corrected chi connectivity index (χ0v) is 18.8. The van der Waals surface area contributed by atoms with Gasteiger partial charge in [-0.15, -0.1) is 0 Å². The van der Waals surface area contributed by atoms with Gasteiger partial charge >= 0.3 is 0 Å². The number of nitrogens with one attached hydrogen (secondary N) is 2. The Morgan fingerprint density at radius 1 is 0.970 bits per heavy atom. The zero-order chi connectivity index (χ0) is 23.4. The van der Waals surface area contributed by atoms with E-state index in [1.807, 2.05) is 42.5 Å². The fraction of sp³-hybridized carbons (Fsp3) is 0.222.